The van der Waals surface area contributed by atoms with Gasteiger partial charge in [-0.15, -0.1) is 0 Å². The molecule has 240 valence electrons. The molecule has 2 aliphatic rings. The van der Waals surface area contributed by atoms with E-state index in [1.807, 2.05) is 0 Å². The van der Waals surface area contributed by atoms with Crippen molar-refractivity contribution in [2.24, 2.45) is 11.8 Å². The van der Waals surface area contributed by atoms with Crippen molar-refractivity contribution in [1.82, 2.24) is 0 Å². The average molecular weight is 589 g/mol. The highest BCUT2D eigenvalue weighted by molar-refractivity contribution is 5.30. The first-order valence-electron chi connectivity index (χ1n) is 18.7. The molecule has 2 fully saturated rings. The van der Waals surface area contributed by atoms with Gasteiger partial charge in [0.1, 0.15) is 11.5 Å². The largest absolute Gasteiger partial charge is 0.494 e. The molecule has 0 radical (unpaired) electrons. The van der Waals surface area contributed by atoms with E-state index in [9.17, 15) is 0 Å². The molecule has 2 saturated carbocycles. The molecule has 0 heterocycles. The van der Waals surface area contributed by atoms with Crippen LogP contribution in [0.1, 0.15) is 172 Å². The Morgan fingerprint density at radius 3 is 1.19 bits per heavy atom. The van der Waals surface area contributed by atoms with Crippen LogP contribution in [0.15, 0.2) is 48.5 Å². The molecule has 0 spiro atoms. The van der Waals surface area contributed by atoms with Crippen LogP contribution in [0.25, 0.3) is 0 Å². The van der Waals surface area contributed by atoms with Crippen molar-refractivity contribution in [1.29, 1.82) is 0 Å². The van der Waals surface area contributed by atoms with E-state index in [1.54, 1.807) is 0 Å². The second kappa shape index (κ2) is 20.1. The predicted octanol–water partition coefficient (Wildman–Crippen LogP) is 12.8. The van der Waals surface area contributed by atoms with Gasteiger partial charge in [-0.05, 0) is 123 Å². The fourth-order valence-corrected chi connectivity index (χ4v) is 7.72. The van der Waals surface area contributed by atoms with E-state index in [4.69, 9.17) is 9.47 Å². The first-order valence-corrected chi connectivity index (χ1v) is 18.7. The summed E-state index contributed by atoms with van der Waals surface area (Å²) in [4.78, 5) is 0. The maximum Gasteiger partial charge on any atom is 0.119 e. The molecule has 0 saturated heterocycles. The van der Waals surface area contributed by atoms with Crippen LogP contribution in [0, 0.1) is 11.8 Å². The second-order valence-corrected chi connectivity index (χ2v) is 14.0. The van der Waals surface area contributed by atoms with Gasteiger partial charge in [0.15, 0.2) is 0 Å². The third-order valence-electron chi connectivity index (χ3n) is 10.7. The third kappa shape index (κ3) is 12.5. The summed E-state index contributed by atoms with van der Waals surface area (Å²) in [6.07, 6.45) is 28.4. The van der Waals surface area contributed by atoms with Gasteiger partial charge < -0.3 is 9.47 Å². The van der Waals surface area contributed by atoms with Gasteiger partial charge in [-0.1, -0.05) is 109 Å². The number of ether oxygens (including phenoxy) is 2. The predicted molar refractivity (Wildman–Crippen MR) is 185 cm³/mol. The number of benzene rings is 2. The molecule has 2 nitrogen and oxygen atoms in total. The zero-order valence-corrected chi connectivity index (χ0v) is 28.0. The Morgan fingerprint density at radius 2 is 0.814 bits per heavy atom. The summed E-state index contributed by atoms with van der Waals surface area (Å²) in [6, 6.07) is 18.1. The second-order valence-electron chi connectivity index (χ2n) is 14.0. The Morgan fingerprint density at radius 1 is 0.442 bits per heavy atom. The van der Waals surface area contributed by atoms with Crippen LogP contribution in [-0.2, 0) is 0 Å². The highest BCUT2D eigenvalue weighted by Gasteiger charge is 2.23. The summed E-state index contributed by atoms with van der Waals surface area (Å²) in [5.74, 6) is 5.55. The Balaban J connectivity index is 0.987. The Labute approximate surface area is 265 Å². The Bertz CT molecular complexity index is 869. The van der Waals surface area contributed by atoms with Crippen LogP contribution in [0.5, 0.6) is 11.5 Å². The van der Waals surface area contributed by atoms with E-state index in [-0.39, 0.29) is 0 Å². The van der Waals surface area contributed by atoms with Gasteiger partial charge in [0.25, 0.3) is 0 Å². The standard InChI is InChI=1S/C41H64O2/c1-3-5-10-14-34-16-20-36(21-17-34)38-24-28-40(29-25-38)42-32-12-8-7-9-13-33-43-41-30-26-39(27-31-41)37-22-18-35(19-23-37)15-11-6-4-2/h24-31,34-37H,3-23,32-33H2,1-2H3. The highest BCUT2D eigenvalue weighted by Crippen LogP contribution is 2.39. The smallest absolute Gasteiger partial charge is 0.119 e. The molecule has 0 bridgehead atoms. The van der Waals surface area contributed by atoms with Crippen LogP contribution in [0.4, 0.5) is 0 Å². The molecule has 2 heteroatoms. The van der Waals surface area contributed by atoms with Gasteiger partial charge in [0.05, 0.1) is 13.2 Å². The Hall–Kier alpha value is -1.96. The van der Waals surface area contributed by atoms with Crippen molar-refractivity contribution in [3.05, 3.63) is 59.7 Å². The zero-order chi connectivity index (χ0) is 30.0. The fraction of sp³-hybridized carbons (Fsp3) is 0.707. The van der Waals surface area contributed by atoms with Gasteiger partial charge in [-0.3, -0.25) is 0 Å². The van der Waals surface area contributed by atoms with Gasteiger partial charge >= 0.3 is 0 Å². The first kappa shape index (κ1) is 33.9. The lowest BCUT2D eigenvalue weighted by molar-refractivity contribution is 0.292. The molecule has 0 unspecified atom stereocenters. The quantitative estimate of drug-likeness (QED) is 0.143. The monoisotopic (exact) mass is 588 g/mol. The maximum atomic E-state index is 6.06. The number of unbranched alkanes of at least 4 members (excludes halogenated alkanes) is 8. The van der Waals surface area contributed by atoms with Crippen molar-refractivity contribution >= 4 is 0 Å². The molecular formula is C41H64O2. The molecule has 4 rings (SSSR count). The van der Waals surface area contributed by atoms with E-state index in [2.05, 4.69) is 62.4 Å². The minimum Gasteiger partial charge on any atom is -0.494 e. The molecule has 2 aromatic rings. The summed E-state index contributed by atoms with van der Waals surface area (Å²) in [5.41, 5.74) is 3.04. The Kier molecular flexibility index (Phi) is 15.9. The zero-order valence-electron chi connectivity index (χ0n) is 28.0. The maximum absolute atomic E-state index is 6.06. The van der Waals surface area contributed by atoms with Gasteiger partial charge in [-0.2, -0.15) is 0 Å². The van der Waals surface area contributed by atoms with E-state index in [1.165, 1.54) is 133 Å². The molecule has 0 atom stereocenters. The summed E-state index contributed by atoms with van der Waals surface area (Å²) < 4.78 is 12.1. The SMILES string of the molecule is CCCCCC1CCC(c2ccc(OCCCCCCCOc3ccc(C4CCC(CCCCC)CC4)cc3)cc2)CC1. The molecule has 0 aliphatic heterocycles. The van der Waals surface area contributed by atoms with Crippen LogP contribution >= 0.6 is 0 Å². The third-order valence-corrected chi connectivity index (χ3v) is 10.7. The summed E-state index contributed by atoms with van der Waals surface area (Å²) in [7, 11) is 0. The molecule has 0 aromatic heterocycles. The molecule has 0 amide bonds. The van der Waals surface area contributed by atoms with E-state index < -0.39 is 0 Å². The van der Waals surface area contributed by atoms with E-state index in [0.29, 0.717) is 0 Å². The first-order chi connectivity index (χ1) is 21.2. The minimum absolute atomic E-state index is 0.759. The number of rotatable bonds is 20. The van der Waals surface area contributed by atoms with Crippen molar-refractivity contribution in [2.45, 2.75) is 161 Å². The minimum atomic E-state index is 0.759. The lowest BCUT2D eigenvalue weighted by Crippen LogP contribution is -2.13. The van der Waals surface area contributed by atoms with Crippen molar-refractivity contribution in [3.63, 3.8) is 0 Å². The molecule has 2 aliphatic carbocycles. The van der Waals surface area contributed by atoms with Crippen LogP contribution in [-0.4, -0.2) is 13.2 Å². The van der Waals surface area contributed by atoms with Crippen LogP contribution in [0.2, 0.25) is 0 Å². The van der Waals surface area contributed by atoms with E-state index >= 15 is 0 Å². The number of hydrogen-bond donors (Lipinski definition) is 0. The van der Waals surface area contributed by atoms with Crippen molar-refractivity contribution in [2.75, 3.05) is 13.2 Å². The van der Waals surface area contributed by atoms with E-state index in [0.717, 1.165) is 61.2 Å². The molecule has 43 heavy (non-hydrogen) atoms. The van der Waals surface area contributed by atoms with Gasteiger partial charge in [0, 0.05) is 0 Å². The average Bonchev–Trinajstić information content (AvgIpc) is 3.05. The van der Waals surface area contributed by atoms with Gasteiger partial charge in [-0.25, -0.2) is 0 Å². The topological polar surface area (TPSA) is 18.5 Å². The lowest BCUT2D eigenvalue weighted by atomic mass is 9.77. The summed E-state index contributed by atoms with van der Waals surface area (Å²) in [5, 5.41) is 0. The van der Waals surface area contributed by atoms with Crippen LogP contribution in [0.3, 0.4) is 0 Å². The summed E-state index contributed by atoms with van der Waals surface area (Å²) in [6.45, 7) is 6.26. The normalized spacial score (nSPS) is 22.4. The van der Waals surface area contributed by atoms with Crippen molar-refractivity contribution < 1.29 is 9.47 Å². The summed E-state index contributed by atoms with van der Waals surface area (Å²) >= 11 is 0. The highest BCUT2D eigenvalue weighted by atomic mass is 16.5. The van der Waals surface area contributed by atoms with Crippen LogP contribution < -0.4 is 9.47 Å². The lowest BCUT2D eigenvalue weighted by Gasteiger charge is -2.29. The molecule has 2 aromatic carbocycles. The molecular weight excluding hydrogens is 524 g/mol. The molecule has 0 N–H and O–H groups in total. The van der Waals surface area contributed by atoms with Gasteiger partial charge in [0.2, 0.25) is 0 Å². The fourth-order valence-electron chi connectivity index (χ4n) is 7.72. The van der Waals surface area contributed by atoms with Crippen molar-refractivity contribution in [3.8, 4) is 11.5 Å². The number of hydrogen-bond acceptors (Lipinski definition) is 2.